The molecule has 1 N–H and O–H groups in total. The molecule has 1 saturated heterocycles. The number of rotatable bonds is 7. The molecule has 10 heteroatoms. The van der Waals surface area contributed by atoms with E-state index in [0.717, 1.165) is 54.6 Å². The first-order chi connectivity index (χ1) is 21.1. The number of piperazine rings is 1. The smallest absolute Gasteiger partial charge is 0.253 e. The first-order valence-electron chi connectivity index (χ1n) is 14.1. The second-order valence-corrected chi connectivity index (χ2v) is 11.2. The molecule has 0 atom stereocenters. The van der Waals surface area contributed by atoms with Crippen LogP contribution in [-0.2, 0) is 0 Å². The number of amides is 1. The van der Waals surface area contributed by atoms with Gasteiger partial charge < -0.3 is 19.9 Å². The van der Waals surface area contributed by atoms with E-state index in [0.29, 0.717) is 28.4 Å². The molecule has 3 aromatic heterocycles. The molecule has 3 aromatic carbocycles. The zero-order chi connectivity index (χ0) is 29.2. The van der Waals surface area contributed by atoms with Gasteiger partial charge in [-0.2, -0.15) is 11.3 Å². The highest BCUT2D eigenvalue weighted by molar-refractivity contribution is 7.08. The number of aromatic nitrogens is 4. The molecule has 7 rings (SSSR count). The largest absolute Gasteiger partial charge is 0.457 e. The minimum atomic E-state index is 0.0496. The van der Waals surface area contributed by atoms with Crippen molar-refractivity contribution in [3.05, 3.63) is 108 Å². The normalized spacial score (nSPS) is 13.7. The number of ether oxygens (including phenoxy) is 1. The Kier molecular flexibility index (Phi) is 7.28. The lowest BCUT2D eigenvalue weighted by Crippen LogP contribution is -2.47. The molecule has 0 spiro atoms. The van der Waals surface area contributed by atoms with Crippen molar-refractivity contribution < 1.29 is 9.53 Å². The number of carbonyl (C=O) groups is 1. The van der Waals surface area contributed by atoms with Crippen LogP contribution in [0.25, 0.3) is 28.2 Å². The lowest BCUT2D eigenvalue weighted by Gasteiger charge is -2.32. The van der Waals surface area contributed by atoms with Gasteiger partial charge in [0.05, 0.1) is 5.69 Å². The van der Waals surface area contributed by atoms with Gasteiger partial charge in [-0.1, -0.05) is 30.3 Å². The Bertz CT molecular complexity index is 1850. The van der Waals surface area contributed by atoms with Gasteiger partial charge in [-0.25, -0.2) is 15.0 Å². The molecule has 1 fully saturated rings. The summed E-state index contributed by atoms with van der Waals surface area (Å²) in [4.78, 5) is 31.8. The van der Waals surface area contributed by atoms with E-state index < -0.39 is 0 Å². The number of hydrogen-bond acceptors (Lipinski definition) is 8. The second kappa shape index (κ2) is 11.7. The van der Waals surface area contributed by atoms with Gasteiger partial charge >= 0.3 is 0 Å². The standard InChI is InChI=1S/C33H29N7O2S/c1-38-16-18-39(19-17-38)33(41)24-9-7-23(8-10-24)30-36-31(29-32(37-30)40(22-34-29)26-15-20-43-21-26)35-25-11-13-28(14-12-25)42-27-5-3-2-4-6-27/h2-15,20-22H,16-19H2,1H3,(H,35,36,37). The summed E-state index contributed by atoms with van der Waals surface area (Å²) in [6.07, 6.45) is 1.77. The Morgan fingerprint density at radius 3 is 2.33 bits per heavy atom. The summed E-state index contributed by atoms with van der Waals surface area (Å²) < 4.78 is 7.91. The number of carbonyl (C=O) groups excluding carboxylic acids is 1. The molecule has 1 aliphatic rings. The molecule has 1 amide bonds. The van der Waals surface area contributed by atoms with E-state index in [4.69, 9.17) is 14.7 Å². The molecule has 43 heavy (non-hydrogen) atoms. The third-order valence-corrected chi connectivity index (χ3v) is 8.13. The van der Waals surface area contributed by atoms with Crippen LogP contribution in [-0.4, -0.2) is 68.5 Å². The summed E-state index contributed by atoms with van der Waals surface area (Å²) in [6, 6.07) is 27.0. The zero-order valence-corrected chi connectivity index (χ0v) is 24.4. The first kappa shape index (κ1) is 26.8. The van der Waals surface area contributed by atoms with Crippen molar-refractivity contribution in [2.75, 3.05) is 38.5 Å². The number of hydrogen-bond donors (Lipinski definition) is 1. The van der Waals surface area contributed by atoms with Crippen LogP contribution < -0.4 is 10.1 Å². The Hall–Kier alpha value is -5.06. The Labute approximate surface area is 253 Å². The summed E-state index contributed by atoms with van der Waals surface area (Å²) in [6.45, 7) is 3.23. The third kappa shape index (κ3) is 5.70. The number of anilines is 2. The van der Waals surface area contributed by atoms with E-state index in [9.17, 15) is 4.79 Å². The zero-order valence-electron chi connectivity index (χ0n) is 23.6. The average molecular weight is 588 g/mol. The predicted octanol–water partition coefficient (Wildman–Crippen LogP) is 6.47. The molecular formula is C33H29N7O2S. The first-order valence-corrected chi connectivity index (χ1v) is 15.0. The number of imidazole rings is 1. The minimum absolute atomic E-state index is 0.0496. The fourth-order valence-corrected chi connectivity index (χ4v) is 5.65. The number of nitrogens with one attached hydrogen (secondary N) is 1. The van der Waals surface area contributed by atoms with Crippen LogP contribution >= 0.6 is 11.3 Å². The maximum atomic E-state index is 13.1. The number of likely N-dealkylation sites (N-methyl/N-ethyl adjacent to an activating group) is 1. The van der Waals surface area contributed by atoms with Gasteiger partial charge in [0.15, 0.2) is 22.8 Å². The summed E-state index contributed by atoms with van der Waals surface area (Å²) >= 11 is 1.61. The van der Waals surface area contributed by atoms with Crippen molar-refractivity contribution in [2.45, 2.75) is 0 Å². The van der Waals surface area contributed by atoms with E-state index in [1.807, 2.05) is 99.8 Å². The molecule has 6 aromatic rings. The molecule has 0 aliphatic carbocycles. The van der Waals surface area contributed by atoms with Gasteiger partial charge in [-0.3, -0.25) is 9.36 Å². The summed E-state index contributed by atoms with van der Waals surface area (Å²) in [5.41, 5.74) is 4.63. The summed E-state index contributed by atoms with van der Waals surface area (Å²) in [5.74, 6) is 2.69. The van der Waals surface area contributed by atoms with Crippen molar-refractivity contribution in [3.63, 3.8) is 0 Å². The average Bonchev–Trinajstić information content (AvgIpc) is 3.73. The van der Waals surface area contributed by atoms with E-state index >= 15 is 0 Å². The van der Waals surface area contributed by atoms with Gasteiger partial charge in [0, 0.05) is 48.4 Å². The lowest BCUT2D eigenvalue weighted by molar-refractivity contribution is 0.0664. The quantitative estimate of drug-likeness (QED) is 0.229. The Morgan fingerprint density at radius 1 is 0.860 bits per heavy atom. The Balaban J connectivity index is 1.20. The van der Waals surface area contributed by atoms with E-state index in [1.54, 1.807) is 17.7 Å². The van der Waals surface area contributed by atoms with Crippen LogP contribution in [0.1, 0.15) is 10.4 Å². The molecule has 9 nitrogen and oxygen atoms in total. The number of fused-ring (bicyclic) bond motifs is 1. The number of thiophene rings is 1. The van der Waals surface area contributed by atoms with Gasteiger partial charge in [0.25, 0.3) is 5.91 Å². The lowest BCUT2D eigenvalue weighted by atomic mass is 10.1. The summed E-state index contributed by atoms with van der Waals surface area (Å²) in [5, 5.41) is 7.52. The fraction of sp³-hybridized carbons (Fsp3) is 0.152. The summed E-state index contributed by atoms with van der Waals surface area (Å²) in [7, 11) is 2.08. The predicted molar refractivity (Wildman–Crippen MR) is 170 cm³/mol. The molecular weight excluding hydrogens is 558 g/mol. The van der Waals surface area contributed by atoms with E-state index in [-0.39, 0.29) is 5.91 Å². The maximum Gasteiger partial charge on any atom is 0.253 e. The van der Waals surface area contributed by atoms with Crippen LogP contribution in [0, 0.1) is 0 Å². The minimum Gasteiger partial charge on any atom is -0.457 e. The van der Waals surface area contributed by atoms with Crippen molar-refractivity contribution >= 4 is 39.9 Å². The number of benzene rings is 3. The molecule has 0 bridgehead atoms. The van der Waals surface area contributed by atoms with Crippen molar-refractivity contribution in [1.82, 2.24) is 29.3 Å². The van der Waals surface area contributed by atoms with Crippen molar-refractivity contribution in [1.29, 1.82) is 0 Å². The third-order valence-electron chi connectivity index (χ3n) is 7.46. The van der Waals surface area contributed by atoms with Gasteiger partial charge in [-0.15, -0.1) is 0 Å². The van der Waals surface area contributed by atoms with Gasteiger partial charge in [-0.05, 0) is 67.0 Å². The maximum absolute atomic E-state index is 13.1. The van der Waals surface area contributed by atoms with Crippen LogP contribution in [0.4, 0.5) is 11.5 Å². The van der Waals surface area contributed by atoms with Crippen molar-refractivity contribution in [2.24, 2.45) is 0 Å². The van der Waals surface area contributed by atoms with E-state index in [2.05, 4.69) is 27.6 Å². The number of para-hydroxylation sites is 1. The Morgan fingerprint density at radius 2 is 1.60 bits per heavy atom. The van der Waals surface area contributed by atoms with Crippen LogP contribution in [0.15, 0.2) is 102 Å². The monoisotopic (exact) mass is 587 g/mol. The molecule has 1 aliphatic heterocycles. The van der Waals surface area contributed by atoms with Crippen LogP contribution in [0.3, 0.4) is 0 Å². The topological polar surface area (TPSA) is 88.4 Å². The van der Waals surface area contributed by atoms with Gasteiger partial charge in [0.1, 0.15) is 17.8 Å². The number of nitrogens with zero attached hydrogens (tertiary/aromatic N) is 6. The molecule has 0 radical (unpaired) electrons. The molecule has 0 unspecified atom stereocenters. The van der Waals surface area contributed by atoms with Gasteiger partial charge in [0.2, 0.25) is 0 Å². The second-order valence-electron chi connectivity index (χ2n) is 10.4. The van der Waals surface area contributed by atoms with E-state index in [1.165, 1.54) is 0 Å². The van der Waals surface area contributed by atoms with Crippen LogP contribution in [0.2, 0.25) is 0 Å². The fourth-order valence-electron chi connectivity index (χ4n) is 5.02. The van der Waals surface area contributed by atoms with Crippen LogP contribution in [0.5, 0.6) is 11.5 Å². The molecule has 4 heterocycles. The van der Waals surface area contributed by atoms with Crippen molar-refractivity contribution in [3.8, 4) is 28.6 Å². The highest BCUT2D eigenvalue weighted by Gasteiger charge is 2.21. The molecule has 0 saturated carbocycles. The SMILES string of the molecule is CN1CCN(C(=O)c2ccc(-c3nc(Nc4ccc(Oc5ccccc5)cc4)c4ncn(-c5ccsc5)c4n3)cc2)CC1. The molecule has 214 valence electrons. The highest BCUT2D eigenvalue weighted by Crippen LogP contribution is 2.30. The highest BCUT2D eigenvalue weighted by atomic mass is 32.1.